The molecule has 3 heteroatoms. The highest BCUT2D eigenvalue weighted by molar-refractivity contribution is 6.13. The Morgan fingerprint density at radius 1 is 0.794 bits per heavy atom. The van der Waals surface area contributed by atoms with Gasteiger partial charge in [-0.15, -0.1) is 0 Å². The van der Waals surface area contributed by atoms with Crippen LogP contribution in [0.15, 0.2) is 107 Å². The van der Waals surface area contributed by atoms with Crippen molar-refractivity contribution in [3.63, 3.8) is 0 Å². The third-order valence-electron chi connectivity index (χ3n) is 5.58. The van der Waals surface area contributed by atoms with E-state index in [1.165, 1.54) is 5.57 Å². The number of benzene rings is 3. The molecule has 0 heterocycles. The summed E-state index contributed by atoms with van der Waals surface area (Å²) in [6.07, 6.45) is 3.96. The topological polar surface area (TPSA) is 30.8 Å². The molecule has 3 aromatic carbocycles. The van der Waals surface area contributed by atoms with Gasteiger partial charge in [0.1, 0.15) is 23.2 Å². The zero-order valence-electron chi connectivity index (χ0n) is 20.5. The minimum atomic E-state index is -0.265. The van der Waals surface area contributed by atoms with Crippen LogP contribution in [0.5, 0.6) is 5.75 Å². The van der Waals surface area contributed by atoms with Gasteiger partial charge < -0.3 is 9.47 Å². The van der Waals surface area contributed by atoms with Gasteiger partial charge in [0.05, 0.1) is 12.3 Å². The van der Waals surface area contributed by atoms with Crippen molar-refractivity contribution in [2.45, 2.75) is 58.1 Å². The van der Waals surface area contributed by atoms with Crippen molar-refractivity contribution in [1.82, 2.24) is 0 Å². The fraction of sp³-hybridized carbons (Fsp3) is 0.323. The largest absolute Gasteiger partial charge is 0.494 e. The Morgan fingerprint density at radius 2 is 1.32 bits per heavy atom. The first-order valence-electron chi connectivity index (χ1n) is 12.3. The minimum absolute atomic E-state index is 0.0495. The third-order valence-corrected chi connectivity index (χ3v) is 5.58. The van der Waals surface area contributed by atoms with Crippen LogP contribution in [0.2, 0.25) is 0 Å². The average Bonchev–Trinajstić information content (AvgIpc) is 3.69. The van der Waals surface area contributed by atoms with Crippen LogP contribution in [0.1, 0.15) is 57.6 Å². The van der Waals surface area contributed by atoms with Crippen LogP contribution < -0.4 is 4.74 Å². The predicted octanol–water partition coefficient (Wildman–Crippen LogP) is 7.61. The first-order chi connectivity index (χ1) is 16.5. The molecular weight excluding hydrogens is 418 g/mol. The lowest BCUT2D eigenvalue weighted by Crippen LogP contribution is -2.25. The number of hydrogen-bond acceptors (Lipinski definition) is 3. The second-order valence-electron chi connectivity index (χ2n) is 9.71. The molecule has 0 N–H and O–H groups in total. The van der Waals surface area contributed by atoms with E-state index in [-0.39, 0.29) is 11.6 Å². The number of aliphatic imine (C=N–C) groups is 1. The van der Waals surface area contributed by atoms with Gasteiger partial charge >= 0.3 is 0 Å². The van der Waals surface area contributed by atoms with Gasteiger partial charge in [0.25, 0.3) is 0 Å². The highest BCUT2D eigenvalue weighted by atomic mass is 16.5. The summed E-state index contributed by atoms with van der Waals surface area (Å²) in [6, 6.07) is 30.9. The summed E-state index contributed by atoms with van der Waals surface area (Å²) < 4.78 is 12.5. The smallest absolute Gasteiger partial charge is 0.120 e. The second kappa shape index (κ2) is 11.2. The first-order valence-corrected chi connectivity index (χ1v) is 12.3. The molecule has 4 rings (SSSR count). The van der Waals surface area contributed by atoms with E-state index in [9.17, 15) is 0 Å². The fourth-order valence-electron chi connectivity index (χ4n) is 3.92. The van der Waals surface area contributed by atoms with E-state index in [2.05, 4.69) is 69.3 Å². The third kappa shape index (κ3) is 7.08. The van der Waals surface area contributed by atoms with Crippen LogP contribution in [-0.4, -0.2) is 24.0 Å². The lowest BCUT2D eigenvalue weighted by molar-refractivity contribution is 0.0406. The van der Waals surface area contributed by atoms with E-state index in [4.69, 9.17) is 14.5 Å². The summed E-state index contributed by atoms with van der Waals surface area (Å²) in [5, 5.41) is 0. The van der Waals surface area contributed by atoms with Crippen LogP contribution >= 0.6 is 0 Å². The normalized spacial score (nSPS) is 13.7. The Labute approximate surface area is 204 Å². The number of ether oxygens (including phenoxy) is 2. The molecule has 0 radical (unpaired) electrons. The number of hydrogen-bond donors (Lipinski definition) is 0. The van der Waals surface area contributed by atoms with Crippen LogP contribution in [0.4, 0.5) is 0 Å². The maximum absolute atomic E-state index is 6.54. The molecule has 3 aromatic rings. The van der Waals surface area contributed by atoms with Crippen molar-refractivity contribution in [1.29, 1.82) is 0 Å². The van der Waals surface area contributed by atoms with Crippen molar-refractivity contribution in [3.05, 3.63) is 113 Å². The summed E-state index contributed by atoms with van der Waals surface area (Å²) in [5.74, 6) is 1.96. The highest BCUT2D eigenvalue weighted by Crippen LogP contribution is 2.38. The number of nitrogens with zero attached hydrogens (tertiary/aromatic N) is 1. The van der Waals surface area contributed by atoms with Crippen molar-refractivity contribution < 1.29 is 9.47 Å². The zero-order chi connectivity index (χ0) is 23.8. The van der Waals surface area contributed by atoms with Crippen molar-refractivity contribution in [2.75, 3.05) is 6.61 Å². The van der Waals surface area contributed by atoms with Crippen LogP contribution in [0.3, 0.4) is 0 Å². The van der Waals surface area contributed by atoms with Gasteiger partial charge in [-0.25, -0.2) is 0 Å². The molecule has 0 saturated heterocycles. The highest BCUT2D eigenvalue weighted by Gasteiger charge is 2.29. The van der Waals surface area contributed by atoms with Gasteiger partial charge in [0.2, 0.25) is 0 Å². The first kappa shape index (κ1) is 23.8. The molecule has 1 saturated carbocycles. The molecule has 0 bridgehead atoms. The molecule has 176 valence electrons. The SMILES string of the molecule is CC(C)(C)OC(=C1CC1)C(CCCOc1ccccc1)N=C(c1ccccc1)c1ccccc1. The molecule has 0 aromatic heterocycles. The van der Waals surface area contributed by atoms with Gasteiger partial charge in [-0.05, 0) is 64.2 Å². The molecule has 1 unspecified atom stereocenters. The monoisotopic (exact) mass is 453 g/mol. The molecule has 3 nitrogen and oxygen atoms in total. The number of para-hydroxylation sites is 1. The zero-order valence-corrected chi connectivity index (χ0v) is 20.5. The summed E-state index contributed by atoms with van der Waals surface area (Å²) in [5.41, 5.74) is 4.38. The van der Waals surface area contributed by atoms with E-state index in [1.807, 2.05) is 42.5 Å². The van der Waals surface area contributed by atoms with E-state index in [0.717, 1.165) is 54.0 Å². The number of rotatable bonds is 10. The predicted molar refractivity (Wildman–Crippen MR) is 141 cm³/mol. The van der Waals surface area contributed by atoms with Crippen molar-refractivity contribution in [2.24, 2.45) is 4.99 Å². The number of allylic oxidation sites excluding steroid dienone is 1. The Morgan fingerprint density at radius 3 is 1.82 bits per heavy atom. The Hall–Kier alpha value is -3.33. The standard InChI is InChI=1S/C31H35NO2/c1-31(2,3)34-30(26-21-22-26)28(20-13-23-33-27-18-11-6-12-19-27)32-29(24-14-7-4-8-15-24)25-16-9-5-10-17-25/h4-12,14-19,28H,13,20-23H2,1-3H3. The van der Waals surface area contributed by atoms with Gasteiger partial charge in [-0.2, -0.15) is 0 Å². The van der Waals surface area contributed by atoms with Crippen LogP contribution in [0.25, 0.3) is 0 Å². The summed E-state index contributed by atoms with van der Waals surface area (Å²) in [4.78, 5) is 5.39. The Kier molecular flexibility index (Phi) is 7.84. The lowest BCUT2D eigenvalue weighted by Gasteiger charge is -2.28. The maximum Gasteiger partial charge on any atom is 0.120 e. The van der Waals surface area contributed by atoms with Gasteiger partial charge in [0.15, 0.2) is 0 Å². The van der Waals surface area contributed by atoms with Crippen LogP contribution in [0, 0.1) is 0 Å². The lowest BCUT2D eigenvalue weighted by atomic mass is 10.0. The average molecular weight is 454 g/mol. The van der Waals surface area contributed by atoms with Gasteiger partial charge in [-0.1, -0.05) is 78.9 Å². The molecule has 0 spiro atoms. The molecule has 34 heavy (non-hydrogen) atoms. The van der Waals surface area contributed by atoms with E-state index in [0.29, 0.717) is 6.61 Å². The molecule has 1 atom stereocenters. The quantitative estimate of drug-likeness (QED) is 0.180. The van der Waals surface area contributed by atoms with Gasteiger partial charge in [0, 0.05) is 11.1 Å². The second-order valence-corrected chi connectivity index (χ2v) is 9.71. The molecular formula is C31H35NO2. The van der Waals surface area contributed by atoms with E-state index >= 15 is 0 Å². The van der Waals surface area contributed by atoms with E-state index < -0.39 is 0 Å². The summed E-state index contributed by atoms with van der Waals surface area (Å²) >= 11 is 0. The summed E-state index contributed by atoms with van der Waals surface area (Å²) in [7, 11) is 0. The van der Waals surface area contributed by atoms with Crippen molar-refractivity contribution in [3.8, 4) is 5.75 Å². The van der Waals surface area contributed by atoms with Gasteiger partial charge in [-0.3, -0.25) is 4.99 Å². The van der Waals surface area contributed by atoms with Crippen LogP contribution in [-0.2, 0) is 4.74 Å². The summed E-state index contributed by atoms with van der Waals surface area (Å²) in [6.45, 7) is 7.00. The maximum atomic E-state index is 6.54. The fourth-order valence-corrected chi connectivity index (χ4v) is 3.92. The molecule has 0 aliphatic heterocycles. The Bertz CT molecular complexity index is 1050. The van der Waals surface area contributed by atoms with E-state index in [1.54, 1.807) is 0 Å². The minimum Gasteiger partial charge on any atom is -0.494 e. The molecule has 0 amide bonds. The Balaban J connectivity index is 1.64. The van der Waals surface area contributed by atoms with Crippen molar-refractivity contribution >= 4 is 5.71 Å². The molecule has 1 aliphatic carbocycles. The molecule has 1 aliphatic rings. The molecule has 1 fully saturated rings.